The van der Waals surface area contributed by atoms with Gasteiger partial charge in [0, 0.05) is 30.2 Å². The van der Waals surface area contributed by atoms with E-state index in [1.54, 1.807) is 6.20 Å². The first-order valence-corrected chi connectivity index (χ1v) is 8.49. The SMILES string of the molecule is CCN(c1cccc(C)c1)c1nc(C)cc(NCc2ccccn2)n1. The van der Waals surface area contributed by atoms with E-state index in [2.05, 4.69) is 58.3 Å². The molecule has 0 aliphatic rings. The predicted octanol–water partition coefficient (Wildman–Crippen LogP) is 4.26. The number of aromatic nitrogens is 3. The summed E-state index contributed by atoms with van der Waals surface area (Å²) in [7, 11) is 0. The first kappa shape index (κ1) is 16.9. The quantitative estimate of drug-likeness (QED) is 0.730. The molecular formula is C20H23N5. The minimum absolute atomic E-state index is 0.632. The summed E-state index contributed by atoms with van der Waals surface area (Å²) < 4.78 is 0. The van der Waals surface area contributed by atoms with Crippen LogP contribution in [-0.2, 0) is 6.54 Å². The molecule has 25 heavy (non-hydrogen) atoms. The number of aryl methyl sites for hydroxylation is 2. The first-order chi connectivity index (χ1) is 12.2. The van der Waals surface area contributed by atoms with Gasteiger partial charge in [0.1, 0.15) is 5.82 Å². The van der Waals surface area contributed by atoms with Crippen molar-refractivity contribution in [3.8, 4) is 0 Å². The maximum atomic E-state index is 4.70. The summed E-state index contributed by atoms with van der Waals surface area (Å²) in [5, 5.41) is 3.34. The molecule has 3 aromatic rings. The molecule has 0 saturated heterocycles. The number of pyridine rings is 1. The van der Waals surface area contributed by atoms with Crippen LogP contribution in [0.5, 0.6) is 0 Å². The highest BCUT2D eigenvalue weighted by Gasteiger charge is 2.12. The average Bonchev–Trinajstić information content (AvgIpc) is 2.61. The number of nitrogens with one attached hydrogen (secondary N) is 1. The molecule has 128 valence electrons. The zero-order valence-corrected chi connectivity index (χ0v) is 14.9. The van der Waals surface area contributed by atoms with Gasteiger partial charge in [-0.05, 0) is 50.6 Å². The second-order valence-corrected chi connectivity index (χ2v) is 5.95. The van der Waals surface area contributed by atoms with Gasteiger partial charge in [0.2, 0.25) is 5.95 Å². The van der Waals surface area contributed by atoms with Crippen molar-refractivity contribution in [2.75, 3.05) is 16.8 Å². The summed E-state index contributed by atoms with van der Waals surface area (Å²) >= 11 is 0. The highest BCUT2D eigenvalue weighted by molar-refractivity contribution is 5.59. The van der Waals surface area contributed by atoms with E-state index in [9.17, 15) is 0 Å². The van der Waals surface area contributed by atoms with Crippen LogP contribution in [0.3, 0.4) is 0 Å². The molecule has 0 bridgehead atoms. The van der Waals surface area contributed by atoms with Gasteiger partial charge in [-0.1, -0.05) is 18.2 Å². The number of hydrogen-bond donors (Lipinski definition) is 1. The molecule has 0 unspecified atom stereocenters. The van der Waals surface area contributed by atoms with Gasteiger partial charge in [-0.3, -0.25) is 4.98 Å². The van der Waals surface area contributed by atoms with Crippen LogP contribution in [0.1, 0.15) is 23.9 Å². The molecule has 0 aliphatic heterocycles. The Morgan fingerprint density at radius 3 is 2.60 bits per heavy atom. The fraction of sp³-hybridized carbons (Fsp3) is 0.250. The van der Waals surface area contributed by atoms with Crippen molar-refractivity contribution in [2.45, 2.75) is 27.3 Å². The fourth-order valence-electron chi connectivity index (χ4n) is 2.68. The van der Waals surface area contributed by atoms with Crippen LogP contribution >= 0.6 is 0 Å². The third-order valence-corrected chi connectivity index (χ3v) is 3.89. The normalized spacial score (nSPS) is 10.5. The number of benzene rings is 1. The van der Waals surface area contributed by atoms with Gasteiger partial charge in [0.15, 0.2) is 0 Å². The van der Waals surface area contributed by atoms with Crippen LogP contribution < -0.4 is 10.2 Å². The van der Waals surface area contributed by atoms with Crippen molar-refractivity contribution < 1.29 is 0 Å². The van der Waals surface area contributed by atoms with E-state index in [4.69, 9.17) is 4.98 Å². The van der Waals surface area contributed by atoms with E-state index in [1.807, 2.05) is 31.2 Å². The van der Waals surface area contributed by atoms with Gasteiger partial charge in [-0.2, -0.15) is 4.98 Å². The summed E-state index contributed by atoms with van der Waals surface area (Å²) in [5.41, 5.74) is 4.23. The van der Waals surface area contributed by atoms with Crippen molar-refractivity contribution in [3.63, 3.8) is 0 Å². The summed E-state index contributed by atoms with van der Waals surface area (Å²) in [4.78, 5) is 15.8. The van der Waals surface area contributed by atoms with Gasteiger partial charge in [-0.15, -0.1) is 0 Å². The first-order valence-electron chi connectivity index (χ1n) is 8.49. The summed E-state index contributed by atoms with van der Waals surface area (Å²) in [6.07, 6.45) is 1.80. The molecule has 0 aliphatic carbocycles. The van der Waals surface area contributed by atoms with Crippen LogP contribution in [0.25, 0.3) is 0 Å². The maximum absolute atomic E-state index is 4.70. The van der Waals surface area contributed by atoms with Crippen molar-refractivity contribution in [3.05, 3.63) is 71.7 Å². The summed E-state index contributed by atoms with van der Waals surface area (Å²) in [6, 6.07) is 16.2. The van der Waals surface area contributed by atoms with Crippen LogP contribution in [0.2, 0.25) is 0 Å². The second kappa shape index (κ2) is 7.75. The van der Waals surface area contributed by atoms with Crippen molar-refractivity contribution >= 4 is 17.5 Å². The lowest BCUT2D eigenvalue weighted by Crippen LogP contribution is -2.20. The Labute approximate surface area is 148 Å². The molecule has 0 fully saturated rings. The van der Waals surface area contributed by atoms with Crippen LogP contribution in [0.15, 0.2) is 54.7 Å². The maximum Gasteiger partial charge on any atom is 0.232 e. The van der Waals surface area contributed by atoms with Gasteiger partial charge >= 0.3 is 0 Å². The predicted molar refractivity (Wildman–Crippen MR) is 102 cm³/mol. The molecule has 0 atom stereocenters. The van der Waals surface area contributed by atoms with Crippen LogP contribution in [0, 0.1) is 13.8 Å². The molecule has 0 spiro atoms. The number of anilines is 3. The third kappa shape index (κ3) is 4.32. The van der Waals surface area contributed by atoms with Gasteiger partial charge in [-0.25, -0.2) is 4.98 Å². The Balaban J connectivity index is 1.84. The highest BCUT2D eigenvalue weighted by Crippen LogP contribution is 2.24. The number of rotatable bonds is 6. The third-order valence-electron chi connectivity index (χ3n) is 3.89. The minimum Gasteiger partial charge on any atom is -0.364 e. The molecule has 5 heteroatoms. The molecule has 2 aromatic heterocycles. The summed E-state index contributed by atoms with van der Waals surface area (Å²) in [5.74, 6) is 1.51. The molecule has 1 aromatic carbocycles. The molecule has 2 heterocycles. The standard InChI is InChI=1S/C20H23N5/c1-4-25(18-10-7-8-15(2)12-18)20-23-16(3)13-19(24-20)22-14-17-9-5-6-11-21-17/h5-13H,4,14H2,1-3H3,(H,22,23,24). The van der Waals surface area contributed by atoms with Gasteiger partial charge < -0.3 is 10.2 Å². The van der Waals surface area contributed by atoms with Gasteiger partial charge in [0.25, 0.3) is 0 Å². The fourth-order valence-corrected chi connectivity index (χ4v) is 2.68. The average molecular weight is 333 g/mol. The lowest BCUT2D eigenvalue weighted by molar-refractivity contribution is 0.926. The van der Waals surface area contributed by atoms with E-state index in [0.29, 0.717) is 12.5 Å². The minimum atomic E-state index is 0.632. The Bertz CT molecular complexity index is 832. The monoisotopic (exact) mass is 333 g/mol. The van der Waals surface area contributed by atoms with E-state index in [0.717, 1.165) is 29.4 Å². The van der Waals surface area contributed by atoms with Crippen molar-refractivity contribution in [2.24, 2.45) is 0 Å². The van der Waals surface area contributed by atoms with Crippen LogP contribution in [0.4, 0.5) is 17.5 Å². The van der Waals surface area contributed by atoms with Crippen molar-refractivity contribution in [1.29, 1.82) is 0 Å². The molecule has 0 amide bonds. The second-order valence-electron chi connectivity index (χ2n) is 5.95. The Hall–Kier alpha value is -2.95. The molecule has 5 nitrogen and oxygen atoms in total. The largest absolute Gasteiger partial charge is 0.364 e. The lowest BCUT2D eigenvalue weighted by atomic mass is 10.2. The zero-order valence-electron chi connectivity index (χ0n) is 14.9. The lowest BCUT2D eigenvalue weighted by Gasteiger charge is -2.22. The molecule has 0 saturated carbocycles. The number of nitrogens with zero attached hydrogens (tertiary/aromatic N) is 4. The molecular weight excluding hydrogens is 310 g/mol. The van der Waals surface area contributed by atoms with Gasteiger partial charge in [0.05, 0.1) is 12.2 Å². The molecule has 1 N–H and O–H groups in total. The molecule has 3 rings (SSSR count). The van der Waals surface area contributed by atoms with E-state index in [-0.39, 0.29) is 0 Å². The Kier molecular flexibility index (Phi) is 5.23. The highest BCUT2D eigenvalue weighted by atomic mass is 15.3. The molecule has 0 radical (unpaired) electrons. The topological polar surface area (TPSA) is 53.9 Å². The van der Waals surface area contributed by atoms with E-state index < -0.39 is 0 Å². The van der Waals surface area contributed by atoms with Crippen LogP contribution in [-0.4, -0.2) is 21.5 Å². The number of hydrogen-bond acceptors (Lipinski definition) is 5. The smallest absolute Gasteiger partial charge is 0.232 e. The summed E-state index contributed by atoms with van der Waals surface area (Å²) in [6.45, 7) is 7.62. The van der Waals surface area contributed by atoms with E-state index >= 15 is 0 Å². The Morgan fingerprint density at radius 2 is 1.88 bits per heavy atom. The van der Waals surface area contributed by atoms with E-state index in [1.165, 1.54) is 5.56 Å². The Morgan fingerprint density at radius 1 is 1.00 bits per heavy atom. The van der Waals surface area contributed by atoms with Crippen molar-refractivity contribution in [1.82, 2.24) is 15.0 Å². The zero-order chi connectivity index (χ0) is 17.6.